The molecule has 0 saturated heterocycles. The summed E-state index contributed by atoms with van der Waals surface area (Å²) < 4.78 is 11.2. The highest BCUT2D eigenvalue weighted by Crippen LogP contribution is 2.43. The zero-order valence-electron chi connectivity index (χ0n) is 21.8. The van der Waals surface area contributed by atoms with Crippen LogP contribution in [0.25, 0.3) is 80.7 Å². The second-order valence-electron chi connectivity index (χ2n) is 10.4. The summed E-state index contributed by atoms with van der Waals surface area (Å²) in [5.41, 5.74) is 8.16. The van der Waals surface area contributed by atoms with Gasteiger partial charge in [0.05, 0.1) is 33.1 Å². The average Bonchev–Trinajstić information content (AvgIpc) is 3.70. The van der Waals surface area contributed by atoms with Gasteiger partial charge >= 0.3 is 0 Å². The molecule has 6 aromatic carbocycles. The van der Waals surface area contributed by atoms with Crippen LogP contribution >= 0.6 is 11.3 Å². The second kappa shape index (κ2) is 8.32. The third-order valence-corrected chi connectivity index (χ3v) is 9.44. The van der Waals surface area contributed by atoms with Crippen molar-refractivity contribution < 1.29 is 4.42 Å². The summed E-state index contributed by atoms with van der Waals surface area (Å²) in [6.45, 7) is 0. The van der Waals surface area contributed by atoms with Crippen molar-refractivity contribution in [3.8, 4) is 22.9 Å². The summed E-state index contributed by atoms with van der Waals surface area (Å²) in [5, 5.41) is 16.6. The van der Waals surface area contributed by atoms with E-state index in [1.807, 2.05) is 35.6 Å². The van der Waals surface area contributed by atoms with Crippen LogP contribution in [0.2, 0.25) is 0 Å². The summed E-state index contributed by atoms with van der Waals surface area (Å²) in [5.74, 6) is 0. The van der Waals surface area contributed by atoms with Crippen molar-refractivity contribution in [2.24, 2.45) is 0 Å². The normalized spacial score (nSPS) is 11.9. The van der Waals surface area contributed by atoms with E-state index in [2.05, 4.69) is 108 Å². The molecule has 0 saturated carbocycles. The van der Waals surface area contributed by atoms with E-state index in [-0.39, 0.29) is 0 Å². The van der Waals surface area contributed by atoms with E-state index in [4.69, 9.17) is 4.42 Å². The minimum absolute atomic E-state index is 0.674. The Hall–Kier alpha value is -5.37. The molecule has 0 fully saturated rings. The van der Waals surface area contributed by atoms with Gasteiger partial charge in [0.1, 0.15) is 11.2 Å². The molecule has 0 amide bonds. The Bertz CT molecular complexity index is 2560. The third-order valence-electron chi connectivity index (χ3n) is 8.23. The molecule has 190 valence electrons. The van der Waals surface area contributed by atoms with Gasteiger partial charge in [-0.15, -0.1) is 11.3 Å². The minimum atomic E-state index is 0.674. The first-order chi connectivity index (χ1) is 20.3. The van der Waals surface area contributed by atoms with Crippen LogP contribution in [0.4, 0.5) is 0 Å². The number of hydrogen-bond donors (Lipinski definition) is 0. The molecule has 0 bridgehead atoms. The summed E-state index contributed by atoms with van der Waals surface area (Å²) in [6.07, 6.45) is 0. The van der Waals surface area contributed by atoms with E-state index >= 15 is 0 Å². The van der Waals surface area contributed by atoms with Gasteiger partial charge in [-0.3, -0.25) is 0 Å². The fraction of sp³-hybridized carbons (Fsp3) is 0. The van der Waals surface area contributed by atoms with Crippen LogP contribution in [-0.4, -0.2) is 4.57 Å². The standard InChI is InChI=1S/C37H20N2OS/c38-21-22-15-17-32-29(19-22)25-7-1-3-12-31(25)39(32)33-13-6-11-28-30-20-23(16-18-35(30)41-37(28)33)24-9-5-10-27-26-8-2-4-14-34(26)40-36(24)27/h1-20H. The van der Waals surface area contributed by atoms with E-state index in [1.54, 1.807) is 0 Å². The number of nitriles is 1. The summed E-state index contributed by atoms with van der Waals surface area (Å²) in [4.78, 5) is 0. The van der Waals surface area contributed by atoms with Gasteiger partial charge < -0.3 is 8.98 Å². The van der Waals surface area contributed by atoms with Gasteiger partial charge in [0.25, 0.3) is 0 Å². The van der Waals surface area contributed by atoms with E-state index < -0.39 is 0 Å². The van der Waals surface area contributed by atoms with Crippen molar-refractivity contribution >= 4 is 75.3 Å². The van der Waals surface area contributed by atoms with Crippen molar-refractivity contribution in [1.82, 2.24) is 4.57 Å². The van der Waals surface area contributed by atoms with Crippen molar-refractivity contribution in [3.63, 3.8) is 0 Å². The van der Waals surface area contributed by atoms with E-state index in [1.165, 1.54) is 20.2 Å². The molecule has 41 heavy (non-hydrogen) atoms. The third kappa shape index (κ3) is 3.12. The molecule has 0 aliphatic heterocycles. The monoisotopic (exact) mass is 540 g/mol. The largest absolute Gasteiger partial charge is 0.455 e. The molecule has 9 rings (SSSR count). The first-order valence-electron chi connectivity index (χ1n) is 13.6. The number of para-hydroxylation sites is 3. The number of aromatic nitrogens is 1. The molecule has 0 aliphatic carbocycles. The minimum Gasteiger partial charge on any atom is -0.455 e. The summed E-state index contributed by atoms with van der Waals surface area (Å²) in [7, 11) is 0. The molecule has 0 aliphatic rings. The highest BCUT2D eigenvalue weighted by atomic mass is 32.1. The van der Waals surface area contributed by atoms with Crippen LogP contribution in [0.5, 0.6) is 0 Å². The second-order valence-corrected chi connectivity index (χ2v) is 11.5. The lowest BCUT2D eigenvalue weighted by molar-refractivity contribution is 0.670. The zero-order valence-corrected chi connectivity index (χ0v) is 22.6. The maximum absolute atomic E-state index is 9.55. The van der Waals surface area contributed by atoms with Crippen LogP contribution < -0.4 is 0 Å². The van der Waals surface area contributed by atoms with E-state index in [9.17, 15) is 5.26 Å². The number of nitrogens with zero attached hydrogens (tertiary/aromatic N) is 2. The van der Waals surface area contributed by atoms with Crippen LogP contribution in [0.3, 0.4) is 0 Å². The molecule has 3 heterocycles. The van der Waals surface area contributed by atoms with Crippen LogP contribution in [0.1, 0.15) is 5.56 Å². The van der Waals surface area contributed by atoms with Crippen LogP contribution in [0, 0.1) is 11.3 Å². The molecular formula is C37H20N2OS. The molecular weight excluding hydrogens is 520 g/mol. The predicted octanol–water partition coefficient (Wildman–Crippen LogP) is 10.6. The van der Waals surface area contributed by atoms with Gasteiger partial charge in [-0.25, -0.2) is 0 Å². The lowest BCUT2D eigenvalue weighted by atomic mass is 10.0. The lowest BCUT2D eigenvalue weighted by Crippen LogP contribution is -1.93. The van der Waals surface area contributed by atoms with Crippen molar-refractivity contribution in [2.75, 3.05) is 0 Å². The van der Waals surface area contributed by atoms with Gasteiger partial charge in [-0.1, -0.05) is 72.8 Å². The molecule has 0 radical (unpaired) electrons. The highest BCUT2D eigenvalue weighted by Gasteiger charge is 2.18. The number of hydrogen-bond acceptors (Lipinski definition) is 3. The molecule has 3 nitrogen and oxygen atoms in total. The van der Waals surface area contributed by atoms with Gasteiger partial charge in [-0.2, -0.15) is 5.26 Å². The Morgan fingerprint density at radius 3 is 2.32 bits per heavy atom. The number of fused-ring (bicyclic) bond motifs is 9. The molecule has 4 heteroatoms. The summed E-state index contributed by atoms with van der Waals surface area (Å²) >= 11 is 1.83. The van der Waals surface area contributed by atoms with Gasteiger partial charge in [0, 0.05) is 42.6 Å². The number of furan rings is 1. The smallest absolute Gasteiger partial charge is 0.143 e. The van der Waals surface area contributed by atoms with Gasteiger partial charge in [0.2, 0.25) is 0 Å². The molecule has 0 unspecified atom stereocenters. The Balaban J connectivity index is 1.30. The molecule has 0 spiro atoms. The zero-order chi connectivity index (χ0) is 27.1. The SMILES string of the molecule is N#Cc1ccc2c(c1)c1ccccc1n2-c1cccc2c1sc1ccc(-c3cccc4c3oc3ccccc34)cc12. The predicted molar refractivity (Wildman–Crippen MR) is 171 cm³/mol. The fourth-order valence-corrected chi connectivity index (χ4v) is 7.59. The number of thiophene rings is 1. The van der Waals surface area contributed by atoms with Crippen molar-refractivity contribution in [2.45, 2.75) is 0 Å². The maximum Gasteiger partial charge on any atom is 0.143 e. The fourth-order valence-electron chi connectivity index (χ4n) is 6.40. The Morgan fingerprint density at radius 1 is 0.610 bits per heavy atom. The quantitative estimate of drug-likeness (QED) is 0.219. The van der Waals surface area contributed by atoms with Crippen LogP contribution in [0.15, 0.2) is 126 Å². The molecule has 0 atom stereocenters. The highest BCUT2D eigenvalue weighted by molar-refractivity contribution is 7.26. The first-order valence-corrected chi connectivity index (χ1v) is 14.4. The maximum atomic E-state index is 9.55. The van der Waals surface area contributed by atoms with Gasteiger partial charge in [0.15, 0.2) is 0 Å². The topological polar surface area (TPSA) is 41.9 Å². The number of benzene rings is 6. The van der Waals surface area contributed by atoms with Crippen molar-refractivity contribution in [1.29, 1.82) is 5.26 Å². The molecule has 0 N–H and O–H groups in total. The summed E-state index contributed by atoms with van der Waals surface area (Å²) in [6, 6.07) is 44.7. The Kier molecular flexibility index (Phi) is 4.55. The number of rotatable bonds is 2. The lowest BCUT2D eigenvalue weighted by Gasteiger charge is -2.09. The van der Waals surface area contributed by atoms with E-state index in [0.29, 0.717) is 5.56 Å². The van der Waals surface area contributed by atoms with Crippen LogP contribution in [-0.2, 0) is 0 Å². The Morgan fingerprint density at radius 2 is 1.39 bits per heavy atom. The van der Waals surface area contributed by atoms with Crippen molar-refractivity contribution in [3.05, 3.63) is 127 Å². The van der Waals surface area contributed by atoms with Gasteiger partial charge in [-0.05, 0) is 54.1 Å². The van der Waals surface area contributed by atoms with E-state index in [0.717, 1.165) is 60.6 Å². The first kappa shape index (κ1) is 22.4. The molecule has 9 aromatic rings. The molecule has 3 aromatic heterocycles. The average molecular weight is 541 g/mol. The Labute approximate surface area is 238 Å².